The van der Waals surface area contributed by atoms with Gasteiger partial charge in [-0.3, -0.25) is 19.1 Å². The molecule has 2 heterocycles. The van der Waals surface area contributed by atoms with Gasteiger partial charge in [0.2, 0.25) is 5.91 Å². The normalized spacial score (nSPS) is 18.1. The van der Waals surface area contributed by atoms with Crippen molar-refractivity contribution in [2.45, 2.75) is 97.2 Å². The number of hydrogen-bond donors (Lipinski definition) is 2. The molecule has 1 amide bonds. The summed E-state index contributed by atoms with van der Waals surface area (Å²) < 4.78 is 3.46. The molecule has 1 aromatic carbocycles. The minimum Gasteiger partial charge on any atom is -0.353 e. The van der Waals surface area contributed by atoms with Crippen LogP contribution >= 0.6 is 0 Å². The summed E-state index contributed by atoms with van der Waals surface area (Å²) in [4.78, 5) is 45.3. The summed E-state index contributed by atoms with van der Waals surface area (Å²) in [5.74, 6) is 1.55. The minimum atomic E-state index is -0.425. The molecule has 0 atom stereocenters. The highest BCUT2D eigenvalue weighted by atomic mass is 16.2. The Morgan fingerprint density at radius 1 is 1.11 bits per heavy atom. The number of imidazole rings is 1. The Kier molecular flexibility index (Phi) is 8.44. The monoisotopic (exact) mass is 493 g/mol. The van der Waals surface area contributed by atoms with Crippen molar-refractivity contribution >= 4 is 17.1 Å². The fourth-order valence-corrected chi connectivity index (χ4v) is 5.32. The fraction of sp³-hybridized carbons (Fsp3) is 0.571. The van der Waals surface area contributed by atoms with Crippen LogP contribution in [0.15, 0.2) is 39.9 Å². The maximum atomic E-state index is 12.8. The van der Waals surface area contributed by atoms with Crippen molar-refractivity contribution in [2.75, 3.05) is 0 Å². The molecule has 4 rings (SSSR count). The number of aromatic nitrogens is 4. The highest BCUT2D eigenvalue weighted by Crippen LogP contribution is 2.32. The number of carbonyl (C=O) groups excluding carboxylic acids is 1. The number of aromatic amines is 1. The Balaban J connectivity index is 1.45. The number of aryl methyl sites for hydroxylation is 2. The molecule has 1 saturated carbocycles. The lowest BCUT2D eigenvalue weighted by Crippen LogP contribution is -2.37. The van der Waals surface area contributed by atoms with Crippen molar-refractivity contribution < 1.29 is 4.79 Å². The van der Waals surface area contributed by atoms with E-state index in [1.54, 1.807) is 4.57 Å². The van der Waals surface area contributed by atoms with Crippen molar-refractivity contribution in [2.24, 2.45) is 5.92 Å². The van der Waals surface area contributed by atoms with Gasteiger partial charge < -0.3 is 9.88 Å². The summed E-state index contributed by atoms with van der Waals surface area (Å²) >= 11 is 0. The average molecular weight is 494 g/mol. The molecule has 1 aliphatic carbocycles. The summed E-state index contributed by atoms with van der Waals surface area (Å²) in [6, 6.07) is 10.8. The van der Waals surface area contributed by atoms with Gasteiger partial charge in [-0.25, -0.2) is 9.78 Å². The van der Waals surface area contributed by atoms with Crippen molar-refractivity contribution in [3.05, 3.63) is 62.6 Å². The Morgan fingerprint density at radius 3 is 2.50 bits per heavy atom. The van der Waals surface area contributed by atoms with Crippen molar-refractivity contribution in [1.82, 2.24) is 24.4 Å². The quantitative estimate of drug-likeness (QED) is 0.444. The second-order valence-electron chi connectivity index (χ2n) is 10.5. The molecule has 0 aliphatic heterocycles. The summed E-state index contributed by atoms with van der Waals surface area (Å²) in [5, 5.41) is 3.22. The van der Waals surface area contributed by atoms with Crippen LogP contribution in [0.2, 0.25) is 0 Å². The standard InChI is InChI=1S/C28H39N5O3/c1-4-5-17-32-26-25(27(35)31-28(32)36)33(18-19(2)3)23(30-26)15-16-24(34)29-22-13-11-21(12-14-22)20-9-7-6-8-10-20/h6-10,19,21-22H,4-5,11-18H2,1-3H3,(H,29,34)(H,31,35,36). The molecule has 0 bridgehead atoms. The lowest BCUT2D eigenvalue weighted by atomic mass is 9.82. The van der Waals surface area contributed by atoms with Gasteiger partial charge in [-0.2, -0.15) is 0 Å². The summed E-state index contributed by atoms with van der Waals surface area (Å²) in [6.07, 6.45) is 6.61. The van der Waals surface area contributed by atoms with Crippen LogP contribution in [-0.2, 0) is 24.3 Å². The van der Waals surface area contributed by atoms with E-state index in [0.29, 0.717) is 48.8 Å². The first-order chi connectivity index (χ1) is 17.4. The van der Waals surface area contributed by atoms with E-state index in [1.807, 2.05) is 10.6 Å². The second-order valence-corrected chi connectivity index (χ2v) is 10.5. The third kappa shape index (κ3) is 5.97. The molecule has 36 heavy (non-hydrogen) atoms. The van der Waals surface area contributed by atoms with Crippen molar-refractivity contribution in [3.63, 3.8) is 0 Å². The molecule has 8 heteroatoms. The Labute approximate surface area is 212 Å². The van der Waals surface area contributed by atoms with E-state index < -0.39 is 11.2 Å². The minimum absolute atomic E-state index is 0.0126. The van der Waals surface area contributed by atoms with Crippen LogP contribution < -0.4 is 16.6 Å². The first-order valence-corrected chi connectivity index (χ1v) is 13.4. The number of nitrogens with one attached hydrogen (secondary N) is 2. The lowest BCUT2D eigenvalue weighted by Gasteiger charge is -2.29. The van der Waals surface area contributed by atoms with Crippen LogP contribution in [0.25, 0.3) is 11.2 Å². The number of amides is 1. The smallest absolute Gasteiger partial charge is 0.330 e. The van der Waals surface area contributed by atoms with Crippen molar-refractivity contribution in [3.8, 4) is 0 Å². The number of rotatable bonds is 10. The first-order valence-electron chi connectivity index (χ1n) is 13.4. The van der Waals surface area contributed by atoms with Crippen molar-refractivity contribution in [1.29, 1.82) is 0 Å². The highest BCUT2D eigenvalue weighted by molar-refractivity contribution is 5.77. The van der Waals surface area contributed by atoms with E-state index in [4.69, 9.17) is 4.98 Å². The van der Waals surface area contributed by atoms with Gasteiger partial charge in [0.05, 0.1) is 0 Å². The van der Waals surface area contributed by atoms with Crippen LogP contribution in [-0.4, -0.2) is 31.1 Å². The van der Waals surface area contributed by atoms with Gasteiger partial charge in [0.25, 0.3) is 5.56 Å². The predicted molar refractivity (Wildman–Crippen MR) is 142 cm³/mol. The molecule has 0 unspecified atom stereocenters. The van der Waals surface area contributed by atoms with E-state index in [1.165, 1.54) is 5.56 Å². The van der Waals surface area contributed by atoms with Gasteiger partial charge in [0.1, 0.15) is 5.82 Å². The largest absolute Gasteiger partial charge is 0.353 e. The molecule has 0 saturated heterocycles. The molecule has 0 radical (unpaired) electrons. The molecule has 194 valence electrons. The highest BCUT2D eigenvalue weighted by Gasteiger charge is 2.24. The first kappa shape index (κ1) is 25.9. The van der Waals surface area contributed by atoms with Gasteiger partial charge in [0.15, 0.2) is 11.2 Å². The molecule has 2 N–H and O–H groups in total. The molecule has 1 fully saturated rings. The van der Waals surface area contributed by atoms with Gasteiger partial charge in [-0.1, -0.05) is 57.5 Å². The van der Waals surface area contributed by atoms with Gasteiger partial charge in [0, 0.05) is 32.0 Å². The zero-order valence-electron chi connectivity index (χ0n) is 21.8. The predicted octanol–water partition coefficient (Wildman–Crippen LogP) is 4.12. The van der Waals surface area contributed by atoms with E-state index in [9.17, 15) is 14.4 Å². The van der Waals surface area contributed by atoms with Crippen LogP contribution in [0, 0.1) is 5.92 Å². The van der Waals surface area contributed by atoms with Gasteiger partial charge in [-0.05, 0) is 49.5 Å². The fourth-order valence-electron chi connectivity index (χ4n) is 5.32. The number of unbranched alkanes of at least 4 members (excludes halogenated alkanes) is 1. The van der Waals surface area contributed by atoms with E-state index in [0.717, 1.165) is 38.5 Å². The third-order valence-corrected chi connectivity index (χ3v) is 7.19. The number of nitrogens with zero attached hydrogens (tertiary/aromatic N) is 3. The summed E-state index contributed by atoms with van der Waals surface area (Å²) in [7, 11) is 0. The zero-order chi connectivity index (χ0) is 25.7. The number of H-pyrrole nitrogens is 1. The number of hydrogen-bond acceptors (Lipinski definition) is 4. The van der Waals surface area contributed by atoms with Crippen LogP contribution in [0.5, 0.6) is 0 Å². The Morgan fingerprint density at radius 2 is 1.83 bits per heavy atom. The number of fused-ring (bicyclic) bond motifs is 1. The molecule has 3 aromatic rings. The zero-order valence-corrected chi connectivity index (χ0v) is 21.8. The van der Waals surface area contributed by atoms with Crippen LogP contribution in [0.3, 0.4) is 0 Å². The van der Waals surface area contributed by atoms with Crippen LogP contribution in [0.4, 0.5) is 0 Å². The molecule has 1 aliphatic rings. The lowest BCUT2D eigenvalue weighted by molar-refractivity contribution is -0.122. The SMILES string of the molecule is CCCCn1c(=O)[nH]c(=O)c2c1nc(CCC(=O)NC1CCC(c3ccccc3)CC1)n2CC(C)C. The number of benzene rings is 1. The summed E-state index contributed by atoms with van der Waals surface area (Å²) in [5.41, 5.74) is 1.40. The molecular formula is C28H39N5O3. The number of carbonyl (C=O) groups is 1. The van der Waals surface area contributed by atoms with Gasteiger partial charge >= 0.3 is 5.69 Å². The maximum absolute atomic E-state index is 12.8. The molecular weight excluding hydrogens is 454 g/mol. The Bertz CT molecular complexity index is 1280. The summed E-state index contributed by atoms with van der Waals surface area (Å²) in [6.45, 7) is 7.33. The molecule has 8 nitrogen and oxygen atoms in total. The topological polar surface area (TPSA) is 102 Å². The van der Waals surface area contributed by atoms with E-state index in [2.05, 4.69) is 55.3 Å². The average Bonchev–Trinajstić information content (AvgIpc) is 3.21. The second kappa shape index (κ2) is 11.7. The van der Waals surface area contributed by atoms with Crippen LogP contribution in [0.1, 0.15) is 83.0 Å². The Hall–Kier alpha value is -3.16. The van der Waals surface area contributed by atoms with E-state index in [-0.39, 0.29) is 17.9 Å². The third-order valence-electron chi connectivity index (χ3n) is 7.19. The van der Waals surface area contributed by atoms with Gasteiger partial charge in [-0.15, -0.1) is 0 Å². The van der Waals surface area contributed by atoms with E-state index >= 15 is 0 Å². The molecule has 2 aromatic heterocycles. The molecule has 0 spiro atoms. The maximum Gasteiger partial charge on any atom is 0.330 e.